The first-order chi connectivity index (χ1) is 8.75. The summed E-state index contributed by atoms with van der Waals surface area (Å²) in [6.07, 6.45) is 9.91. The van der Waals surface area contributed by atoms with Gasteiger partial charge >= 0.3 is 0 Å². The summed E-state index contributed by atoms with van der Waals surface area (Å²) in [6.45, 7) is 0. The average molecular weight is 311 g/mol. The van der Waals surface area contributed by atoms with Gasteiger partial charge in [0.2, 0.25) is 5.91 Å². The van der Waals surface area contributed by atoms with E-state index in [-0.39, 0.29) is 5.91 Å². The minimum absolute atomic E-state index is 0.0694. The number of rotatable bonds is 4. The first kappa shape index (κ1) is 13.5. The number of hydrogen-bond acceptors (Lipinski definition) is 2. The van der Waals surface area contributed by atoms with E-state index in [0.717, 1.165) is 16.8 Å². The Labute approximate surface area is 117 Å². The zero-order chi connectivity index (χ0) is 12.8. The van der Waals surface area contributed by atoms with Crippen LogP contribution in [-0.2, 0) is 4.79 Å². The van der Waals surface area contributed by atoms with Crippen molar-refractivity contribution in [1.82, 2.24) is 4.98 Å². The number of nitrogens with one attached hydrogen (secondary N) is 1. The van der Waals surface area contributed by atoms with Crippen molar-refractivity contribution in [3.8, 4) is 0 Å². The first-order valence-electron chi connectivity index (χ1n) is 6.66. The number of halogens is 1. The summed E-state index contributed by atoms with van der Waals surface area (Å²) >= 11 is 3.38. The lowest BCUT2D eigenvalue weighted by Gasteiger charge is -2.20. The molecule has 0 saturated heterocycles. The molecule has 1 aliphatic rings. The third-order valence-electron chi connectivity index (χ3n) is 3.52. The highest BCUT2D eigenvalue weighted by Crippen LogP contribution is 2.27. The van der Waals surface area contributed by atoms with E-state index in [1.807, 2.05) is 12.1 Å². The molecular weight excluding hydrogens is 292 g/mol. The summed E-state index contributed by atoms with van der Waals surface area (Å²) in [7, 11) is 0. The highest BCUT2D eigenvalue weighted by molar-refractivity contribution is 9.10. The van der Waals surface area contributed by atoms with E-state index in [1.165, 1.54) is 32.1 Å². The van der Waals surface area contributed by atoms with Crippen LogP contribution in [0.5, 0.6) is 0 Å². The Morgan fingerprint density at radius 2 is 2.17 bits per heavy atom. The molecular formula is C14H19BrN2O. The molecule has 0 aromatic carbocycles. The maximum absolute atomic E-state index is 11.8. The number of amides is 1. The van der Waals surface area contributed by atoms with Crippen LogP contribution in [0.15, 0.2) is 22.8 Å². The fourth-order valence-electron chi connectivity index (χ4n) is 2.48. The Morgan fingerprint density at radius 3 is 2.89 bits per heavy atom. The Kier molecular flexibility index (Phi) is 5.17. The molecule has 0 atom stereocenters. The van der Waals surface area contributed by atoms with Crippen LogP contribution in [0.3, 0.4) is 0 Å². The number of pyridine rings is 1. The predicted molar refractivity (Wildman–Crippen MR) is 76.4 cm³/mol. The Hall–Kier alpha value is -0.900. The van der Waals surface area contributed by atoms with Gasteiger partial charge in [0.1, 0.15) is 5.82 Å². The van der Waals surface area contributed by atoms with Gasteiger partial charge in [-0.2, -0.15) is 0 Å². The second-order valence-electron chi connectivity index (χ2n) is 4.92. The normalized spacial score (nSPS) is 16.5. The molecule has 2 rings (SSSR count). The van der Waals surface area contributed by atoms with E-state index >= 15 is 0 Å². The van der Waals surface area contributed by atoms with Crippen molar-refractivity contribution in [2.45, 2.75) is 44.9 Å². The van der Waals surface area contributed by atoms with Gasteiger partial charge in [-0.05, 0) is 40.4 Å². The van der Waals surface area contributed by atoms with Crippen LogP contribution >= 0.6 is 15.9 Å². The molecule has 1 fully saturated rings. The molecule has 0 unspecified atom stereocenters. The monoisotopic (exact) mass is 310 g/mol. The number of hydrogen-bond donors (Lipinski definition) is 1. The van der Waals surface area contributed by atoms with Gasteiger partial charge in [-0.25, -0.2) is 4.98 Å². The molecule has 1 N–H and O–H groups in total. The van der Waals surface area contributed by atoms with E-state index in [9.17, 15) is 4.79 Å². The highest BCUT2D eigenvalue weighted by atomic mass is 79.9. The fraction of sp³-hybridized carbons (Fsp3) is 0.571. The summed E-state index contributed by atoms with van der Waals surface area (Å²) in [6, 6.07) is 3.71. The third kappa shape index (κ3) is 4.09. The zero-order valence-corrected chi connectivity index (χ0v) is 12.1. The summed E-state index contributed by atoms with van der Waals surface area (Å²) in [5.41, 5.74) is 0. The number of carbonyl (C=O) groups excluding carboxylic acids is 1. The largest absolute Gasteiger partial charge is 0.310 e. The maximum atomic E-state index is 11.8. The van der Waals surface area contributed by atoms with Gasteiger partial charge in [0.25, 0.3) is 0 Å². The minimum Gasteiger partial charge on any atom is -0.310 e. The van der Waals surface area contributed by atoms with Crippen molar-refractivity contribution >= 4 is 27.7 Å². The number of carbonyl (C=O) groups is 1. The van der Waals surface area contributed by atoms with E-state index in [2.05, 4.69) is 26.2 Å². The van der Waals surface area contributed by atoms with Crippen LogP contribution < -0.4 is 5.32 Å². The van der Waals surface area contributed by atoms with Crippen LogP contribution in [0.1, 0.15) is 44.9 Å². The molecule has 1 saturated carbocycles. The molecule has 3 nitrogen and oxygen atoms in total. The van der Waals surface area contributed by atoms with Crippen LogP contribution in [0.25, 0.3) is 0 Å². The lowest BCUT2D eigenvalue weighted by atomic mass is 9.86. The van der Waals surface area contributed by atoms with E-state index in [1.54, 1.807) is 6.20 Å². The van der Waals surface area contributed by atoms with Gasteiger partial charge in [0.05, 0.1) is 4.47 Å². The van der Waals surface area contributed by atoms with E-state index in [4.69, 9.17) is 0 Å². The molecule has 0 bridgehead atoms. The van der Waals surface area contributed by atoms with Crippen molar-refractivity contribution in [1.29, 1.82) is 0 Å². The second kappa shape index (κ2) is 6.88. The molecule has 0 radical (unpaired) electrons. The highest BCUT2D eigenvalue weighted by Gasteiger charge is 2.15. The van der Waals surface area contributed by atoms with E-state index < -0.39 is 0 Å². The first-order valence-corrected chi connectivity index (χ1v) is 7.45. The summed E-state index contributed by atoms with van der Waals surface area (Å²) in [4.78, 5) is 16.0. The molecule has 4 heteroatoms. The van der Waals surface area contributed by atoms with Crippen LogP contribution in [-0.4, -0.2) is 10.9 Å². The summed E-state index contributed by atoms with van der Waals surface area (Å²) < 4.78 is 0.830. The fourth-order valence-corrected chi connectivity index (χ4v) is 2.84. The summed E-state index contributed by atoms with van der Waals surface area (Å²) in [5, 5.41) is 2.85. The van der Waals surface area contributed by atoms with Crippen molar-refractivity contribution in [2.75, 3.05) is 5.32 Å². The molecule has 98 valence electrons. The molecule has 1 heterocycles. The SMILES string of the molecule is O=C(CCC1CCCCC1)Nc1ncccc1Br. The Morgan fingerprint density at radius 1 is 1.39 bits per heavy atom. The van der Waals surface area contributed by atoms with Crippen molar-refractivity contribution < 1.29 is 4.79 Å². The van der Waals surface area contributed by atoms with Gasteiger partial charge in [-0.3, -0.25) is 4.79 Å². The van der Waals surface area contributed by atoms with Crippen LogP contribution in [0.2, 0.25) is 0 Å². The Bertz CT molecular complexity index is 403. The predicted octanol–water partition coefficient (Wildman–Crippen LogP) is 4.14. The van der Waals surface area contributed by atoms with Gasteiger partial charge in [0.15, 0.2) is 0 Å². The summed E-state index contributed by atoms with van der Waals surface area (Å²) in [5.74, 6) is 1.43. The topological polar surface area (TPSA) is 42.0 Å². The zero-order valence-electron chi connectivity index (χ0n) is 10.5. The van der Waals surface area contributed by atoms with E-state index in [0.29, 0.717) is 12.2 Å². The third-order valence-corrected chi connectivity index (χ3v) is 4.16. The van der Waals surface area contributed by atoms with Crippen molar-refractivity contribution in [3.05, 3.63) is 22.8 Å². The van der Waals surface area contributed by atoms with Gasteiger partial charge in [0, 0.05) is 12.6 Å². The van der Waals surface area contributed by atoms with Gasteiger partial charge in [-0.1, -0.05) is 32.1 Å². The Balaban J connectivity index is 1.76. The van der Waals surface area contributed by atoms with Gasteiger partial charge < -0.3 is 5.32 Å². The van der Waals surface area contributed by atoms with Crippen molar-refractivity contribution in [2.24, 2.45) is 5.92 Å². The molecule has 18 heavy (non-hydrogen) atoms. The molecule has 1 amide bonds. The molecule has 1 aromatic rings. The second-order valence-corrected chi connectivity index (χ2v) is 5.78. The lowest BCUT2D eigenvalue weighted by molar-refractivity contribution is -0.116. The number of anilines is 1. The molecule has 0 aliphatic heterocycles. The number of aromatic nitrogens is 1. The quantitative estimate of drug-likeness (QED) is 0.908. The molecule has 1 aromatic heterocycles. The lowest BCUT2D eigenvalue weighted by Crippen LogP contribution is -2.15. The molecule has 1 aliphatic carbocycles. The minimum atomic E-state index is 0.0694. The van der Waals surface area contributed by atoms with Gasteiger partial charge in [-0.15, -0.1) is 0 Å². The standard InChI is InChI=1S/C14H19BrN2O/c15-12-7-4-10-16-14(12)17-13(18)9-8-11-5-2-1-3-6-11/h4,7,10-11H,1-3,5-6,8-9H2,(H,16,17,18). The number of nitrogens with zero attached hydrogens (tertiary/aromatic N) is 1. The average Bonchev–Trinajstić information content (AvgIpc) is 2.40. The molecule has 0 spiro atoms. The van der Waals surface area contributed by atoms with Crippen molar-refractivity contribution in [3.63, 3.8) is 0 Å². The smallest absolute Gasteiger partial charge is 0.225 e. The maximum Gasteiger partial charge on any atom is 0.225 e. The van der Waals surface area contributed by atoms with Crippen LogP contribution in [0, 0.1) is 5.92 Å². The van der Waals surface area contributed by atoms with Crippen LogP contribution in [0.4, 0.5) is 5.82 Å².